The van der Waals surface area contributed by atoms with Crippen LogP contribution in [0.25, 0.3) is 0 Å². The topological polar surface area (TPSA) is 74.6 Å². The smallest absolute Gasteiger partial charge is 0.136 e. The normalized spacial score (nSPS) is 24.9. The van der Waals surface area contributed by atoms with Gasteiger partial charge in [0.2, 0.25) is 0 Å². The van der Waals surface area contributed by atoms with Crippen LogP contribution in [0.4, 0.5) is 0 Å². The molecular formula is C24H34O4. The van der Waals surface area contributed by atoms with Crippen molar-refractivity contribution in [3.8, 4) is 11.5 Å². The summed E-state index contributed by atoms with van der Waals surface area (Å²) < 4.78 is 0. The predicted octanol–water partition coefficient (Wildman–Crippen LogP) is 5.26. The highest BCUT2D eigenvalue weighted by atomic mass is 16.3. The summed E-state index contributed by atoms with van der Waals surface area (Å²) in [4.78, 5) is 24.8. The number of rotatable bonds is 4. The minimum Gasteiger partial charge on any atom is -0.508 e. The molecule has 2 aliphatic rings. The summed E-state index contributed by atoms with van der Waals surface area (Å²) in [5.74, 6) is 0.708. The monoisotopic (exact) mass is 386 g/mol. The van der Waals surface area contributed by atoms with E-state index in [4.69, 9.17) is 0 Å². The fourth-order valence-electron chi connectivity index (χ4n) is 4.77. The Morgan fingerprint density at radius 1 is 0.643 bits per heavy atom. The van der Waals surface area contributed by atoms with Crippen molar-refractivity contribution < 1.29 is 19.8 Å². The van der Waals surface area contributed by atoms with Crippen molar-refractivity contribution in [3.63, 3.8) is 0 Å². The minimum absolute atomic E-state index is 0.0661. The first kappa shape index (κ1) is 20.9. The molecule has 0 aliphatic heterocycles. The van der Waals surface area contributed by atoms with E-state index in [9.17, 15) is 19.8 Å². The zero-order valence-corrected chi connectivity index (χ0v) is 16.9. The van der Waals surface area contributed by atoms with Gasteiger partial charge in [-0.15, -0.1) is 0 Å². The number of carbonyl (C=O) groups is 2. The van der Waals surface area contributed by atoms with Gasteiger partial charge in [-0.05, 0) is 61.8 Å². The molecule has 2 aliphatic carbocycles. The summed E-state index contributed by atoms with van der Waals surface area (Å²) in [5.41, 5.74) is 1.29. The van der Waals surface area contributed by atoms with Gasteiger partial charge < -0.3 is 10.2 Å². The quantitative estimate of drug-likeness (QED) is 0.692. The molecule has 154 valence electrons. The van der Waals surface area contributed by atoms with Gasteiger partial charge in [0.05, 0.1) is 0 Å². The molecule has 0 amide bonds. The Labute approximate surface area is 168 Å². The number of hydrogen-bond acceptors (Lipinski definition) is 4. The van der Waals surface area contributed by atoms with Gasteiger partial charge in [0.25, 0.3) is 0 Å². The number of phenols is 2. The summed E-state index contributed by atoms with van der Waals surface area (Å²) in [5, 5.41) is 21.1. The summed E-state index contributed by atoms with van der Waals surface area (Å²) in [7, 11) is 0. The number of hydrogen-bond donors (Lipinski definition) is 2. The molecule has 0 aromatic heterocycles. The molecular weight excluding hydrogens is 352 g/mol. The lowest BCUT2D eigenvalue weighted by Gasteiger charge is -2.21. The van der Waals surface area contributed by atoms with Gasteiger partial charge in [0, 0.05) is 24.7 Å². The summed E-state index contributed by atoms with van der Waals surface area (Å²) in [6, 6.07) is 3.23. The maximum atomic E-state index is 12.4. The lowest BCUT2D eigenvalue weighted by atomic mass is 9.83. The van der Waals surface area contributed by atoms with Crippen molar-refractivity contribution in [2.24, 2.45) is 11.8 Å². The average Bonchev–Trinajstić information content (AvgIpc) is 2.64. The van der Waals surface area contributed by atoms with Gasteiger partial charge in [-0.3, -0.25) is 9.59 Å². The maximum absolute atomic E-state index is 12.4. The molecule has 1 aromatic rings. The summed E-state index contributed by atoms with van der Waals surface area (Å²) in [6.45, 7) is 0. The molecule has 0 heterocycles. The van der Waals surface area contributed by atoms with Crippen molar-refractivity contribution in [1.82, 2.24) is 0 Å². The Hall–Kier alpha value is -1.84. The number of phenolic OH excluding ortho intramolecular Hbond substituents is 2. The van der Waals surface area contributed by atoms with E-state index in [-0.39, 0.29) is 34.9 Å². The van der Waals surface area contributed by atoms with Crippen LogP contribution < -0.4 is 0 Å². The van der Waals surface area contributed by atoms with Crippen LogP contribution in [0.15, 0.2) is 12.1 Å². The Kier molecular flexibility index (Phi) is 7.52. The van der Waals surface area contributed by atoms with Crippen LogP contribution in [0.2, 0.25) is 0 Å². The largest absolute Gasteiger partial charge is 0.508 e. The van der Waals surface area contributed by atoms with Gasteiger partial charge in [0.1, 0.15) is 23.1 Å². The molecule has 2 fully saturated rings. The first-order chi connectivity index (χ1) is 13.5. The van der Waals surface area contributed by atoms with Crippen LogP contribution in [-0.2, 0) is 22.4 Å². The lowest BCUT2D eigenvalue weighted by molar-refractivity contribution is -0.124. The van der Waals surface area contributed by atoms with Crippen LogP contribution in [0.1, 0.15) is 88.2 Å². The van der Waals surface area contributed by atoms with Crippen LogP contribution in [0.3, 0.4) is 0 Å². The molecule has 0 radical (unpaired) electrons. The lowest BCUT2D eigenvalue weighted by Crippen LogP contribution is -2.19. The molecule has 1 aromatic carbocycles. The number of benzene rings is 1. The maximum Gasteiger partial charge on any atom is 0.136 e. The molecule has 28 heavy (non-hydrogen) atoms. The minimum atomic E-state index is -0.0661. The molecule has 0 spiro atoms. The van der Waals surface area contributed by atoms with Gasteiger partial charge in [-0.1, -0.05) is 38.5 Å². The fraction of sp³-hybridized carbons (Fsp3) is 0.667. The number of ketones is 2. The SMILES string of the molecule is O=C1CCCCCC[C@H]1Cc1cc(O)c(C[C@@H]2CCCCCCC2=O)cc1O. The van der Waals surface area contributed by atoms with E-state index >= 15 is 0 Å². The molecule has 4 nitrogen and oxygen atoms in total. The number of aromatic hydroxyl groups is 2. The molecule has 0 bridgehead atoms. The molecule has 2 atom stereocenters. The van der Waals surface area contributed by atoms with E-state index < -0.39 is 0 Å². The number of carbonyl (C=O) groups excluding carboxylic acids is 2. The van der Waals surface area contributed by atoms with E-state index in [1.807, 2.05) is 0 Å². The van der Waals surface area contributed by atoms with E-state index in [0.29, 0.717) is 36.8 Å². The van der Waals surface area contributed by atoms with Crippen LogP contribution in [-0.4, -0.2) is 21.8 Å². The Morgan fingerprint density at radius 2 is 1.04 bits per heavy atom. The second-order valence-electron chi connectivity index (χ2n) is 8.75. The van der Waals surface area contributed by atoms with Crippen LogP contribution in [0.5, 0.6) is 11.5 Å². The summed E-state index contributed by atoms with van der Waals surface area (Å²) >= 11 is 0. The van der Waals surface area contributed by atoms with Gasteiger partial charge in [0.15, 0.2) is 0 Å². The highest BCUT2D eigenvalue weighted by Gasteiger charge is 2.24. The Bertz CT molecular complexity index is 634. The van der Waals surface area contributed by atoms with E-state index in [1.54, 1.807) is 12.1 Å². The van der Waals surface area contributed by atoms with Crippen molar-refractivity contribution >= 4 is 11.6 Å². The third-order valence-electron chi connectivity index (χ3n) is 6.57. The Morgan fingerprint density at radius 3 is 1.46 bits per heavy atom. The van der Waals surface area contributed by atoms with Gasteiger partial charge in [-0.25, -0.2) is 0 Å². The molecule has 3 rings (SSSR count). The van der Waals surface area contributed by atoms with E-state index in [2.05, 4.69) is 0 Å². The van der Waals surface area contributed by atoms with Crippen molar-refractivity contribution in [2.45, 2.75) is 89.9 Å². The van der Waals surface area contributed by atoms with E-state index in [0.717, 1.165) is 64.2 Å². The molecule has 2 saturated carbocycles. The predicted molar refractivity (Wildman–Crippen MR) is 110 cm³/mol. The molecule has 2 N–H and O–H groups in total. The van der Waals surface area contributed by atoms with Crippen molar-refractivity contribution in [3.05, 3.63) is 23.3 Å². The van der Waals surface area contributed by atoms with E-state index in [1.165, 1.54) is 0 Å². The molecule has 0 saturated heterocycles. The fourth-order valence-corrected chi connectivity index (χ4v) is 4.77. The number of Topliss-reactive ketones (excluding diaryl/α,β-unsaturated/α-hetero) is 2. The van der Waals surface area contributed by atoms with Gasteiger partial charge in [-0.2, -0.15) is 0 Å². The highest BCUT2D eigenvalue weighted by molar-refractivity contribution is 5.82. The Balaban J connectivity index is 1.71. The standard InChI is InChI=1S/C24H34O4/c25-21-11-7-3-1-5-9-17(21)13-19-15-24(28)20(16-23(19)27)14-18-10-6-2-4-8-12-22(18)26/h15-18,27-28H,1-14H2/t17-,18-/m0/s1. The third-order valence-corrected chi connectivity index (χ3v) is 6.57. The third kappa shape index (κ3) is 5.59. The average molecular weight is 387 g/mol. The first-order valence-corrected chi connectivity index (χ1v) is 11.1. The zero-order chi connectivity index (χ0) is 19.9. The van der Waals surface area contributed by atoms with Crippen LogP contribution >= 0.6 is 0 Å². The molecule has 4 heteroatoms. The highest BCUT2D eigenvalue weighted by Crippen LogP contribution is 2.34. The second kappa shape index (κ2) is 10.1. The van der Waals surface area contributed by atoms with Crippen molar-refractivity contribution in [1.29, 1.82) is 0 Å². The zero-order valence-electron chi connectivity index (χ0n) is 16.9. The first-order valence-electron chi connectivity index (χ1n) is 11.1. The van der Waals surface area contributed by atoms with Gasteiger partial charge >= 0.3 is 0 Å². The second-order valence-corrected chi connectivity index (χ2v) is 8.75. The summed E-state index contributed by atoms with van der Waals surface area (Å²) in [6.07, 6.45) is 12.5. The van der Waals surface area contributed by atoms with Crippen molar-refractivity contribution in [2.75, 3.05) is 0 Å². The van der Waals surface area contributed by atoms with Crippen LogP contribution in [0, 0.1) is 11.8 Å². The molecule has 0 unspecified atom stereocenters.